The summed E-state index contributed by atoms with van der Waals surface area (Å²) in [6, 6.07) is 0. The fourth-order valence-corrected chi connectivity index (χ4v) is 3.74. The number of Topliss-reactive ketones (excluding diaryl/α,β-unsaturated/α-hetero) is 1. The quantitative estimate of drug-likeness (QED) is 0.302. The maximum atomic E-state index is 12.7. The number of ether oxygens (including phenoxy) is 1. The molecule has 4 nitrogen and oxygen atoms in total. The predicted molar refractivity (Wildman–Crippen MR) is 117 cm³/mol. The van der Waals surface area contributed by atoms with Crippen LogP contribution in [0.25, 0.3) is 0 Å². The number of unbranched alkanes of at least 4 members (excludes halogenated alkanes) is 6. The van der Waals surface area contributed by atoms with Crippen molar-refractivity contribution in [2.75, 3.05) is 13.1 Å². The minimum atomic E-state index is -0.536. The third-order valence-corrected chi connectivity index (χ3v) is 5.28. The van der Waals surface area contributed by atoms with Gasteiger partial charge in [-0.05, 0) is 52.9 Å². The Morgan fingerprint density at radius 2 is 1.50 bits per heavy atom. The number of amides is 1. The fraction of sp³-hybridized carbons (Fsp3) is 0.833. The van der Waals surface area contributed by atoms with Crippen molar-refractivity contribution in [2.24, 2.45) is 0 Å². The summed E-state index contributed by atoms with van der Waals surface area (Å²) < 4.78 is 5.51. The van der Waals surface area contributed by atoms with Crippen LogP contribution in [0.4, 0.5) is 4.79 Å². The van der Waals surface area contributed by atoms with Gasteiger partial charge in [0.25, 0.3) is 0 Å². The van der Waals surface area contributed by atoms with Crippen LogP contribution in [0, 0.1) is 0 Å². The van der Waals surface area contributed by atoms with Crippen molar-refractivity contribution in [3.8, 4) is 0 Å². The van der Waals surface area contributed by atoms with E-state index in [2.05, 4.69) is 13.8 Å². The van der Waals surface area contributed by atoms with Gasteiger partial charge < -0.3 is 9.64 Å². The number of allylic oxidation sites excluding steroid dienone is 1. The lowest BCUT2D eigenvalue weighted by molar-refractivity contribution is -0.119. The van der Waals surface area contributed by atoms with E-state index in [1.165, 1.54) is 62.5 Å². The number of hydrogen-bond donors (Lipinski definition) is 0. The molecule has 1 amide bonds. The SMILES string of the molecule is CCCCCC/C1=C(\CCCCCC)CC(=O)CN(C(=O)OC(C)(C)C)CC1. The molecular formula is C24H43NO3. The summed E-state index contributed by atoms with van der Waals surface area (Å²) in [5.41, 5.74) is 2.25. The molecule has 0 aromatic rings. The number of rotatable bonds is 10. The van der Waals surface area contributed by atoms with Gasteiger partial charge in [-0.15, -0.1) is 0 Å². The van der Waals surface area contributed by atoms with Gasteiger partial charge in [0.05, 0.1) is 6.54 Å². The Hall–Kier alpha value is -1.32. The zero-order chi connectivity index (χ0) is 21.0. The molecule has 0 aromatic carbocycles. The van der Waals surface area contributed by atoms with Crippen LogP contribution in [0.1, 0.15) is 112 Å². The van der Waals surface area contributed by atoms with Crippen molar-refractivity contribution in [1.82, 2.24) is 4.90 Å². The third-order valence-electron chi connectivity index (χ3n) is 5.28. The van der Waals surface area contributed by atoms with Crippen molar-refractivity contribution in [2.45, 2.75) is 117 Å². The Balaban J connectivity index is 2.83. The Morgan fingerprint density at radius 3 is 2.04 bits per heavy atom. The van der Waals surface area contributed by atoms with E-state index in [1.54, 1.807) is 4.90 Å². The van der Waals surface area contributed by atoms with Crippen LogP contribution in [0.2, 0.25) is 0 Å². The largest absolute Gasteiger partial charge is 0.444 e. The van der Waals surface area contributed by atoms with Gasteiger partial charge in [0.2, 0.25) is 0 Å². The minimum absolute atomic E-state index is 0.141. The molecule has 1 aliphatic rings. The number of hydrogen-bond acceptors (Lipinski definition) is 3. The molecule has 0 unspecified atom stereocenters. The van der Waals surface area contributed by atoms with Crippen molar-refractivity contribution >= 4 is 11.9 Å². The molecule has 1 rings (SSSR count). The first-order chi connectivity index (χ1) is 13.3. The lowest BCUT2D eigenvalue weighted by Crippen LogP contribution is -2.41. The molecule has 0 saturated heterocycles. The molecule has 0 fully saturated rings. The number of ketones is 1. The normalized spacial score (nSPS) is 18.8. The standard InChI is InChI=1S/C24H43NO3/c1-6-8-10-12-14-20-16-17-25(23(27)28-24(3,4)5)19-22(26)18-21(20)15-13-11-9-7-2/h6-19H2,1-5H3/b21-20-. The van der Waals surface area contributed by atoms with Crippen LogP contribution in [-0.2, 0) is 9.53 Å². The van der Waals surface area contributed by atoms with E-state index in [9.17, 15) is 9.59 Å². The second kappa shape index (κ2) is 13.0. The fourth-order valence-electron chi connectivity index (χ4n) is 3.74. The van der Waals surface area contributed by atoms with Gasteiger partial charge in [0.1, 0.15) is 5.60 Å². The first-order valence-electron chi connectivity index (χ1n) is 11.5. The summed E-state index contributed by atoms with van der Waals surface area (Å²) in [5, 5.41) is 0. The molecule has 162 valence electrons. The highest BCUT2D eigenvalue weighted by atomic mass is 16.6. The van der Waals surface area contributed by atoms with Gasteiger partial charge in [-0.2, -0.15) is 0 Å². The van der Waals surface area contributed by atoms with E-state index in [0.29, 0.717) is 13.0 Å². The lowest BCUT2D eigenvalue weighted by atomic mass is 9.90. The van der Waals surface area contributed by atoms with Gasteiger partial charge in [0.15, 0.2) is 5.78 Å². The number of carbonyl (C=O) groups is 2. The third kappa shape index (κ3) is 10.3. The zero-order valence-electron chi connectivity index (χ0n) is 19.1. The Bertz CT molecular complexity index is 516. The van der Waals surface area contributed by atoms with Crippen molar-refractivity contribution in [1.29, 1.82) is 0 Å². The topological polar surface area (TPSA) is 46.6 Å². The molecule has 4 heteroatoms. The molecule has 0 N–H and O–H groups in total. The highest BCUT2D eigenvalue weighted by Gasteiger charge is 2.26. The highest BCUT2D eigenvalue weighted by Crippen LogP contribution is 2.27. The molecule has 0 aromatic heterocycles. The van der Waals surface area contributed by atoms with E-state index < -0.39 is 5.60 Å². The van der Waals surface area contributed by atoms with E-state index in [4.69, 9.17) is 4.74 Å². The van der Waals surface area contributed by atoms with E-state index in [0.717, 1.165) is 19.3 Å². The lowest BCUT2D eigenvalue weighted by Gasteiger charge is -2.29. The first-order valence-corrected chi connectivity index (χ1v) is 11.5. The summed E-state index contributed by atoms with van der Waals surface area (Å²) in [6.45, 7) is 10.8. The summed E-state index contributed by atoms with van der Waals surface area (Å²) >= 11 is 0. The van der Waals surface area contributed by atoms with Crippen LogP contribution in [0.15, 0.2) is 11.1 Å². The second-order valence-corrected chi connectivity index (χ2v) is 9.20. The van der Waals surface area contributed by atoms with E-state index >= 15 is 0 Å². The van der Waals surface area contributed by atoms with Gasteiger partial charge in [-0.3, -0.25) is 4.79 Å². The molecule has 0 aliphatic carbocycles. The monoisotopic (exact) mass is 393 g/mol. The molecule has 0 atom stereocenters. The summed E-state index contributed by atoms with van der Waals surface area (Å²) in [5.74, 6) is 0.141. The molecule has 0 bridgehead atoms. The maximum absolute atomic E-state index is 12.7. The Kier molecular flexibility index (Phi) is 11.5. The van der Waals surface area contributed by atoms with Crippen molar-refractivity contribution < 1.29 is 14.3 Å². The van der Waals surface area contributed by atoms with Crippen LogP contribution in [0.5, 0.6) is 0 Å². The summed E-state index contributed by atoms with van der Waals surface area (Å²) in [4.78, 5) is 26.7. The second-order valence-electron chi connectivity index (χ2n) is 9.20. The molecule has 0 radical (unpaired) electrons. The average molecular weight is 394 g/mol. The summed E-state index contributed by atoms with van der Waals surface area (Å²) in [6.07, 6.45) is 13.0. The molecule has 0 spiro atoms. The first kappa shape index (κ1) is 24.7. The molecule has 1 heterocycles. The Morgan fingerprint density at radius 1 is 0.929 bits per heavy atom. The van der Waals surface area contributed by atoms with Crippen molar-refractivity contribution in [3.05, 3.63) is 11.1 Å². The van der Waals surface area contributed by atoms with Crippen LogP contribution < -0.4 is 0 Å². The van der Waals surface area contributed by atoms with Crippen LogP contribution in [0.3, 0.4) is 0 Å². The van der Waals surface area contributed by atoms with Crippen LogP contribution >= 0.6 is 0 Å². The minimum Gasteiger partial charge on any atom is -0.444 e. The molecule has 1 aliphatic heterocycles. The van der Waals surface area contributed by atoms with Crippen molar-refractivity contribution in [3.63, 3.8) is 0 Å². The highest BCUT2D eigenvalue weighted by molar-refractivity contribution is 5.86. The van der Waals surface area contributed by atoms with E-state index in [1.807, 2.05) is 20.8 Å². The number of carbonyl (C=O) groups excluding carboxylic acids is 2. The average Bonchev–Trinajstić information content (AvgIpc) is 2.59. The van der Waals surface area contributed by atoms with Gasteiger partial charge in [0, 0.05) is 13.0 Å². The Labute approximate surface area is 173 Å². The van der Waals surface area contributed by atoms with E-state index in [-0.39, 0.29) is 18.4 Å². The number of nitrogens with zero attached hydrogens (tertiary/aromatic N) is 1. The predicted octanol–water partition coefficient (Wildman–Crippen LogP) is 6.82. The van der Waals surface area contributed by atoms with Gasteiger partial charge in [-0.1, -0.05) is 63.5 Å². The molecular weight excluding hydrogens is 350 g/mol. The smallest absolute Gasteiger partial charge is 0.410 e. The van der Waals surface area contributed by atoms with Crippen LogP contribution in [-0.4, -0.2) is 35.5 Å². The molecule has 0 saturated carbocycles. The zero-order valence-corrected chi connectivity index (χ0v) is 19.1. The summed E-state index contributed by atoms with van der Waals surface area (Å²) in [7, 11) is 0. The maximum Gasteiger partial charge on any atom is 0.410 e. The van der Waals surface area contributed by atoms with Gasteiger partial charge >= 0.3 is 6.09 Å². The molecule has 28 heavy (non-hydrogen) atoms. The van der Waals surface area contributed by atoms with Gasteiger partial charge in [-0.25, -0.2) is 4.79 Å².